The highest BCUT2D eigenvalue weighted by Crippen LogP contribution is 2.48. The average Bonchev–Trinajstić information content (AvgIpc) is 3.43. The third kappa shape index (κ3) is 7.96. The number of benzene rings is 3. The number of imide groups is 1. The molecule has 0 spiro atoms. The monoisotopic (exact) mass is 761 g/mol. The molecule has 53 heavy (non-hydrogen) atoms. The number of rotatable bonds is 5. The van der Waals surface area contributed by atoms with Crippen LogP contribution in [0.15, 0.2) is 54.6 Å². The Labute approximate surface area is 310 Å². The van der Waals surface area contributed by atoms with Gasteiger partial charge in [-0.15, -0.1) is 0 Å². The second kappa shape index (κ2) is 14.8. The highest BCUT2D eigenvalue weighted by Gasteiger charge is 2.35. The molecule has 0 aliphatic carbocycles. The van der Waals surface area contributed by atoms with Gasteiger partial charge in [-0.05, 0) is 61.8 Å². The van der Waals surface area contributed by atoms with Crippen molar-refractivity contribution in [1.29, 1.82) is 0 Å². The first-order chi connectivity index (χ1) is 25.3. The van der Waals surface area contributed by atoms with Crippen LogP contribution < -0.4 is 29.5 Å². The van der Waals surface area contributed by atoms with Crippen LogP contribution in [0.4, 0.5) is 5.69 Å². The minimum atomic E-state index is -3.67. The maximum Gasteiger partial charge on any atom is 0.261 e. The number of nitrogens with one attached hydrogen (secondary N) is 1. The lowest BCUT2D eigenvalue weighted by molar-refractivity contribution is -0.136. The number of sulfonamides is 1. The van der Waals surface area contributed by atoms with Crippen LogP contribution in [0.2, 0.25) is 0 Å². The van der Waals surface area contributed by atoms with Crippen LogP contribution in [0.5, 0.6) is 11.5 Å². The van der Waals surface area contributed by atoms with Gasteiger partial charge in [0.25, 0.3) is 21.9 Å². The van der Waals surface area contributed by atoms with Crippen LogP contribution >= 0.6 is 0 Å². The maximum atomic E-state index is 11.0. The van der Waals surface area contributed by atoms with Crippen molar-refractivity contribution in [3.05, 3.63) is 98.6 Å². The van der Waals surface area contributed by atoms with Gasteiger partial charge in [-0.1, -0.05) is 30.3 Å². The van der Waals surface area contributed by atoms with Gasteiger partial charge in [0.2, 0.25) is 15.4 Å². The van der Waals surface area contributed by atoms with Crippen LogP contribution in [-0.4, -0.2) is 89.9 Å². The molecule has 0 atom stereocenters. The molecule has 0 radical (unpaired) electrons. The van der Waals surface area contributed by atoms with Gasteiger partial charge < -0.3 is 9.64 Å². The topological polar surface area (TPSA) is 153 Å². The fourth-order valence-corrected chi connectivity index (χ4v) is 8.89. The molecule has 0 fully saturated rings. The number of amides is 2. The SMILES string of the molecule is CS(=O)(=O)NCCN1C(=O)C=CC1=O.CS(=O)(=O)O.c1ccc(C2=c3cc4c5c(c3Oc3c2cc2c6c3CCCN6CCC2)CCC[N+]=5CCC4)cc1. The largest absolute Gasteiger partial charge is 0.455 e. The molecule has 2 amide bonds. The molecular formula is C39H45N4O8S2+. The van der Waals surface area contributed by atoms with Crippen molar-refractivity contribution in [3.63, 3.8) is 0 Å². The number of carbonyl (C=O) groups excluding carboxylic acids is 2. The third-order valence-corrected chi connectivity index (χ3v) is 11.1. The Kier molecular flexibility index (Phi) is 10.3. The Hall–Kier alpha value is -4.37. The summed E-state index contributed by atoms with van der Waals surface area (Å²) >= 11 is 0. The number of ether oxygens (including phenoxy) is 1. The van der Waals surface area contributed by atoms with E-state index in [0.29, 0.717) is 6.26 Å². The first-order valence-corrected chi connectivity index (χ1v) is 21.9. The molecule has 0 saturated heterocycles. The van der Waals surface area contributed by atoms with Gasteiger partial charge in [-0.2, -0.15) is 8.42 Å². The molecule has 0 unspecified atom stereocenters. The van der Waals surface area contributed by atoms with E-state index >= 15 is 0 Å². The zero-order valence-corrected chi connectivity index (χ0v) is 31.7. The lowest BCUT2D eigenvalue weighted by atomic mass is 9.83. The van der Waals surface area contributed by atoms with Gasteiger partial charge in [0.1, 0.15) is 24.6 Å². The van der Waals surface area contributed by atoms with E-state index in [1.165, 1.54) is 120 Å². The Bertz CT molecular complexity index is 2340. The van der Waals surface area contributed by atoms with E-state index in [-0.39, 0.29) is 13.1 Å². The first kappa shape index (κ1) is 37.0. The van der Waals surface area contributed by atoms with Crippen molar-refractivity contribution in [3.8, 4) is 11.5 Å². The van der Waals surface area contributed by atoms with Crippen molar-refractivity contribution in [2.75, 3.05) is 56.7 Å². The van der Waals surface area contributed by atoms with E-state index in [1.807, 2.05) is 0 Å². The van der Waals surface area contributed by atoms with E-state index < -0.39 is 32.0 Å². The Morgan fingerprint density at radius 2 is 1.43 bits per heavy atom. The number of hydrogen-bond donors (Lipinski definition) is 2. The minimum Gasteiger partial charge on any atom is -0.455 e. The highest BCUT2D eigenvalue weighted by atomic mass is 32.2. The predicted octanol–water partition coefficient (Wildman–Crippen LogP) is 2.09. The summed E-state index contributed by atoms with van der Waals surface area (Å²) in [4.78, 5) is 25.6. The molecule has 6 heterocycles. The molecule has 6 aliphatic heterocycles. The summed E-state index contributed by atoms with van der Waals surface area (Å²) < 4.78 is 59.1. The predicted molar refractivity (Wildman–Crippen MR) is 203 cm³/mol. The van der Waals surface area contributed by atoms with E-state index in [0.717, 1.165) is 47.6 Å². The van der Waals surface area contributed by atoms with Crippen molar-refractivity contribution in [1.82, 2.24) is 14.2 Å². The number of nitrogens with zero attached hydrogens (tertiary/aromatic N) is 3. The summed E-state index contributed by atoms with van der Waals surface area (Å²) in [7, 11) is -6.94. The maximum absolute atomic E-state index is 11.0. The van der Waals surface area contributed by atoms with Gasteiger partial charge in [-0.25, -0.2) is 17.7 Å². The van der Waals surface area contributed by atoms with Crippen LogP contribution in [0.3, 0.4) is 0 Å². The van der Waals surface area contributed by atoms with Crippen molar-refractivity contribution < 1.29 is 35.7 Å². The lowest BCUT2D eigenvalue weighted by Gasteiger charge is -2.39. The normalized spacial score (nSPS) is 18.1. The second-order valence-electron chi connectivity index (χ2n) is 14.3. The zero-order valence-electron chi connectivity index (χ0n) is 30.1. The Balaban J connectivity index is 0.000000192. The highest BCUT2D eigenvalue weighted by molar-refractivity contribution is 7.88. The molecule has 3 aromatic rings. The molecule has 6 aliphatic rings. The molecule has 14 heteroatoms. The summed E-state index contributed by atoms with van der Waals surface area (Å²) in [5.41, 5.74) is 11.5. The van der Waals surface area contributed by atoms with Gasteiger partial charge in [0, 0.05) is 84.3 Å². The Morgan fingerprint density at radius 1 is 0.811 bits per heavy atom. The molecular weight excluding hydrogens is 717 g/mol. The number of carbonyl (C=O) groups is 2. The van der Waals surface area contributed by atoms with Gasteiger partial charge in [0.05, 0.1) is 18.1 Å². The number of hydrogen-bond acceptors (Lipinski definition) is 8. The zero-order chi connectivity index (χ0) is 37.5. The standard InChI is InChI=1S/C31H31N2O.C7H10N2O4S.CH4O3S/c1-2-8-20(9-3-1)27-25-18-21-10-4-14-32-16-6-12-23(28(21)32)30(25)34-31-24-13-7-17-33-15-5-11-22(29(24)33)19-26(27)31;1-14(12,13)8-4-5-9-6(10)2-3-7(9)11;1-5(2,3)4/h1-3,8-9,18-19H,4-7,10-17H2;2-3,8H,4-5H2,1H3;1H3,(H,2,3,4)/q+1;;. The summed E-state index contributed by atoms with van der Waals surface area (Å²) in [6.07, 6.45) is 13.6. The second-order valence-corrected chi connectivity index (χ2v) is 17.6. The average molecular weight is 762 g/mol. The van der Waals surface area contributed by atoms with E-state index in [4.69, 9.17) is 9.29 Å². The Morgan fingerprint density at radius 3 is 2.11 bits per heavy atom. The quantitative estimate of drug-likeness (QED) is 0.177. The molecule has 0 saturated carbocycles. The molecule has 0 bridgehead atoms. The first-order valence-electron chi connectivity index (χ1n) is 18.2. The van der Waals surface area contributed by atoms with Crippen molar-refractivity contribution >= 4 is 43.2 Å². The molecule has 12 nitrogen and oxygen atoms in total. The fraction of sp³-hybridized carbons (Fsp3) is 0.410. The summed E-state index contributed by atoms with van der Waals surface area (Å²) in [5, 5.41) is 2.83. The van der Waals surface area contributed by atoms with Gasteiger partial charge >= 0.3 is 0 Å². The molecule has 0 aromatic heterocycles. The smallest absolute Gasteiger partial charge is 0.261 e. The van der Waals surface area contributed by atoms with E-state index in [9.17, 15) is 26.4 Å². The van der Waals surface area contributed by atoms with Crippen molar-refractivity contribution in [2.24, 2.45) is 0 Å². The molecule has 280 valence electrons. The van der Waals surface area contributed by atoms with Crippen LogP contribution in [0.25, 0.3) is 5.57 Å². The number of aryl methyl sites for hydroxylation is 2. The van der Waals surface area contributed by atoms with Crippen LogP contribution in [0.1, 0.15) is 59.1 Å². The minimum absolute atomic E-state index is 0.0397. The molecule has 2 N–H and O–H groups in total. The third-order valence-electron chi connectivity index (χ3n) is 10.4. The molecule has 3 aromatic carbocycles. The summed E-state index contributed by atoms with van der Waals surface area (Å²) in [5.74, 6) is 1.48. The molecule has 9 rings (SSSR count). The van der Waals surface area contributed by atoms with Crippen LogP contribution in [-0.2, 0) is 55.4 Å². The fourth-order valence-electron chi connectivity index (χ4n) is 8.42. The van der Waals surface area contributed by atoms with E-state index in [1.54, 1.807) is 0 Å². The van der Waals surface area contributed by atoms with E-state index in [2.05, 4.69) is 56.7 Å². The van der Waals surface area contributed by atoms with Gasteiger partial charge in [-0.3, -0.25) is 19.0 Å². The lowest BCUT2D eigenvalue weighted by Crippen LogP contribution is -2.45. The summed E-state index contributed by atoms with van der Waals surface area (Å²) in [6, 6.07) is 16.1. The van der Waals surface area contributed by atoms with Crippen molar-refractivity contribution in [2.45, 2.75) is 51.4 Å². The van der Waals surface area contributed by atoms with Gasteiger partial charge in [0.15, 0.2) is 0 Å². The summed E-state index contributed by atoms with van der Waals surface area (Å²) in [6.45, 7) is 4.86. The number of fused-ring (bicyclic) bond motifs is 4. The van der Waals surface area contributed by atoms with Crippen LogP contribution in [0, 0.1) is 0 Å². The number of anilines is 1.